The summed E-state index contributed by atoms with van der Waals surface area (Å²) in [5.74, 6) is 0. The highest BCUT2D eigenvalue weighted by molar-refractivity contribution is 7.92. The normalized spacial score (nSPS) is 11.3. The second-order valence-electron chi connectivity index (χ2n) is 4.22. The number of hydrogen-bond donors (Lipinski definition) is 1. The Morgan fingerprint density at radius 2 is 1.95 bits per heavy atom. The molecular formula is C13H13ClN2O2S. The number of sulfonamides is 1. The van der Waals surface area contributed by atoms with Gasteiger partial charge in [0.1, 0.15) is 0 Å². The Hall–Kier alpha value is -1.59. The quantitative estimate of drug-likeness (QED) is 0.885. The molecule has 0 unspecified atom stereocenters. The summed E-state index contributed by atoms with van der Waals surface area (Å²) < 4.78 is 27.0. The first-order valence-electron chi connectivity index (χ1n) is 5.61. The zero-order valence-electron chi connectivity index (χ0n) is 10.5. The van der Waals surface area contributed by atoms with Crippen LogP contribution >= 0.6 is 11.6 Å². The summed E-state index contributed by atoms with van der Waals surface area (Å²) in [5, 5.41) is 0.135. The molecule has 2 rings (SSSR count). The van der Waals surface area contributed by atoms with E-state index in [0.29, 0.717) is 5.69 Å². The van der Waals surface area contributed by atoms with Crippen molar-refractivity contribution in [2.45, 2.75) is 18.7 Å². The SMILES string of the molecule is Cc1cccc(S(=O)(=O)Nc2c(C)ccnc2Cl)c1. The van der Waals surface area contributed by atoms with E-state index in [0.717, 1.165) is 11.1 Å². The van der Waals surface area contributed by atoms with Crippen LogP contribution in [0, 0.1) is 13.8 Å². The third kappa shape index (κ3) is 3.05. The van der Waals surface area contributed by atoms with E-state index in [1.165, 1.54) is 12.3 Å². The van der Waals surface area contributed by atoms with E-state index >= 15 is 0 Å². The number of pyridine rings is 1. The fourth-order valence-corrected chi connectivity index (χ4v) is 3.18. The predicted octanol–water partition coefficient (Wildman–Crippen LogP) is 3.15. The van der Waals surface area contributed by atoms with Crippen molar-refractivity contribution >= 4 is 27.3 Å². The van der Waals surface area contributed by atoms with Crippen LogP contribution < -0.4 is 4.72 Å². The van der Waals surface area contributed by atoms with Gasteiger partial charge >= 0.3 is 0 Å². The molecule has 4 nitrogen and oxygen atoms in total. The molecule has 0 radical (unpaired) electrons. The van der Waals surface area contributed by atoms with Crippen LogP contribution in [0.4, 0.5) is 5.69 Å². The average Bonchev–Trinajstić information content (AvgIpc) is 2.34. The molecule has 0 saturated heterocycles. The molecule has 2 aromatic rings. The van der Waals surface area contributed by atoms with E-state index in [9.17, 15) is 8.42 Å². The van der Waals surface area contributed by atoms with Gasteiger partial charge in [0.2, 0.25) is 0 Å². The van der Waals surface area contributed by atoms with Crippen molar-refractivity contribution in [1.29, 1.82) is 0 Å². The van der Waals surface area contributed by atoms with Crippen LogP contribution in [0.2, 0.25) is 5.15 Å². The molecule has 1 aromatic heterocycles. The Morgan fingerprint density at radius 3 is 2.58 bits per heavy atom. The highest BCUT2D eigenvalue weighted by atomic mass is 35.5. The van der Waals surface area contributed by atoms with E-state index in [2.05, 4.69) is 9.71 Å². The molecule has 0 aliphatic carbocycles. The molecule has 0 bridgehead atoms. The van der Waals surface area contributed by atoms with Gasteiger partial charge in [0.15, 0.2) is 5.15 Å². The van der Waals surface area contributed by atoms with E-state index in [-0.39, 0.29) is 10.0 Å². The first kappa shape index (κ1) is 13.8. The molecule has 19 heavy (non-hydrogen) atoms. The van der Waals surface area contributed by atoms with Gasteiger partial charge in [0.05, 0.1) is 10.6 Å². The number of benzene rings is 1. The lowest BCUT2D eigenvalue weighted by Gasteiger charge is -2.11. The molecule has 1 heterocycles. The molecule has 0 fully saturated rings. The number of nitrogens with one attached hydrogen (secondary N) is 1. The number of nitrogens with zero attached hydrogens (tertiary/aromatic N) is 1. The van der Waals surface area contributed by atoms with Crippen molar-refractivity contribution in [3.8, 4) is 0 Å². The molecule has 1 aromatic carbocycles. The van der Waals surface area contributed by atoms with E-state index < -0.39 is 10.0 Å². The minimum atomic E-state index is -3.66. The summed E-state index contributed by atoms with van der Waals surface area (Å²) in [7, 11) is -3.66. The van der Waals surface area contributed by atoms with Crippen molar-refractivity contribution < 1.29 is 8.42 Å². The summed E-state index contributed by atoms with van der Waals surface area (Å²) >= 11 is 5.92. The molecule has 0 aliphatic rings. The molecule has 0 aliphatic heterocycles. The number of rotatable bonds is 3. The van der Waals surface area contributed by atoms with Gasteiger partial charge < -0.3 is 0 Å². The molecule has 100 valence electrons. The lowest BCUT2D eigenvalue weighted by molar-refractivity contribution is 0.601. The van der Waals surface area contributed by atoms with Crippen LogP contribution in [0.15, 0.2) is 41.4 Å². The Morgan fingerprint density at radius 1 is 1.21 bits per heavy atom. The van der Waals surface area contributed by atoms with Crippen molar-refractivity contribution in [3.63, 3.8) is 0 Å². The summed E-state index contributed by atoms with van der Waals surface area (Å²) in [6, 6.07) is 8.36. The molecule has 0 atom stereocenters. The van der Waals surface area contributed by atoms with Gasteiger partial charge in [-0.3, -0.25) is 4.72 Å². The lowest BCUT2D eigenvalue weighted by atomic mass is 10.2. The fourth-order valence-electron chi connectivity index (χ4n) is 1.62. The van der Waals surface area contributed by atoms with Crippen molar-refractivity contribution in [2.24, 2.45) is 0 Å². The van der Waals surface area contributed by atoms with Crippen LogP contribution in [0.5, 0.6) is 0 Å². The third-order valence-electron chi connectivity index (χ3n) is 2.65. The van der Waals surface area contributed by atoms with Crippen LogP contribution in [0.25, 0.3) is 0 Å². The van der Waals surface area contributed by atoms with Crippen LogP contribution in [0.1, 0.15) is 11.1 Å². The number of aryl methyl sites for hydroxylation is 2. The molecule has 6 heteroatoms. The zero-order chi connectivity index (χ0) is 14.0. The van der Waals surface area contributed by atoms with Gasteiger partial charge in [-0.05, 0) is 43.2 Å². The minimum Gasteiger partial charge on any atom is -0.276 e. The third-order valence-corrected chi connectivity index (χ3v) is 4.28. The van der Waals surface area contributed by atoms with Gasteiger partial charge in [0.25, 0.3) is 10.0 Å². The zero-order valence-corrected chi connectivity index (χ0v) is 12.1. The molecule has 1 N–H and O–H groups in total. The first-order valence-corrected chi connectivity index (χ1v) is 7.47. The predicted molar refractivity (Wildman–Crippen MR) is 76.0 cm³/mol. The summed E-state index contributed by atoms with van der Waals surface area (Å²) in [4.78, 5) is 4.07. The largest absolute Gasteiger partial charge is 0.276 e. The van der Waals surface area contributed by atoms with E-state index in [4.69, 9.17) is 11.6 Å². The maximum absolute atomic E-state index is 12.3. The van der Waals surface area contributed by atoms with Gasteiger partial charge in [-0.1, -0.05) is 23.7 Å². The first-order chi connectivity index (χ1) is 8.90. The molecule has 0 spiro atoms. The van der Waals surface area contributed by atoms with Crippen molar-refractivity contribution in [2.75, 3.05) is 4.72 Å². The Balaban J connectivity index is 2.42. The summed E-state index contributed by atoms with van der Waals surface area (Å²) in [6.45, 7) is 3.60. The van der Waals surface area contributed by atoms with Gasteiger partial charge in [0, 0.05) is 6.20 Å². The highest BCUT2D eigenvalue weighted by Gasteiger charge is 2.17. The average molecular weight is 297 g/mol. The summed E-state index contributed by atoms with van der Waals surface area (Å²) in [6.07, 6.45) is 1.53. The Bertz CT molecular complexity index is 694. The maximum atomic E-state index is 12.3. The topological polar surface area (TPSA) is 59.1 Å². The molecular weight excluding hydrogens is 284 g/mol. The Labute approximate surface area is 117 Å². The standard InChI is InChI=1S/C13H13ClN2O2S/c1-9-4-3-5-11(8-9)19(17,18)16-12-10(2)6-7-15-13(12)14/h3-8,16H,1-2H3. The second kappa shape index (κ2) is 5.19. The van der Waals surface area contributed by atoms with Gasteiger partial charge in [-0.2, -0.15) is 0 Å². The van der Waals surface area contributed by atoms with Crippen LogP contribution in [-0.4, -0.2) is 13.4 Å². The second-order valence-corrected chi connectivity index (χ2v) is 6.26. The van der Waals surface area contributed by atoms with Crippen molar-refractivity contribution in [3.05, 3.63) is 52.8 Å². The van der Waals surface area contributed by atoms with Gasteiger partial charge in [-0.25, -0.2) is 13.4 Å². The molecule has 0 saturated carbocycles. The van der Waals surface area contributed by atoms with E-state index in [1.807, 2.05) is 13.0 Å². The van der Waals surface area contributed by atoms with Crippen LogP contribution in [0.3, 0.4) is 0 Å². The fraction of sp³-hybridized carbons (Fsp3) is 0.154. The van der Waals surface area contributed by atoms with E-state index in [1.54, 1.807) is 25.1 Å². The van der Waals surface area contributed by atoms with Gasteiger partial charge in [-0.15, -0.1) is 0 Å². The number of aromatic nitrogens is 1. The molecule has 0 amide bonds. The smallest absolute Gasteiger partial charge is 0.262 e. The maximum Gasteiger partial charge on any atom is 0.262 e. The van der Waals surface area contributed by atoms with Crippen molar-refractivity contribution in [1.82, 2.24) is 4.98 Å². The monoisotopic (exact) mass is 296 g/mol. The highest BCUT2D eigenvalue weighted by Crippen LogP contribution is 2.26. The minimum absolute atomic E-state index is 0.135. The Kier molecular flexibility index (Phi) is 3.78. The number of halogens is 1. The van der Waals surface area contributed by atoms with Crippen LogP contribution in [-0.2, 0) is 10.0 Å². The number of hydrogen-bond acceptors (Lipinski definition) is 3. The number of anilines is 1. The lowest BCUT2D eigenvalue weighted by Crippen LogP contribution is -2.14. The summed E-state index contributed by atoms with van der Waals surface area (Å²) in [5.41, 5.74) is 1.90.